The number of nitrogens with zero attached hydrogens (tertiary/aromatic N) is 2. The van der Waals surface area contributed by atoms with E-state index in [4.69, 9.17) is 4.74 Å². The second-order valence-electron chi connectivity index (χ2n) is 5.29. The van der Waals surface area contributed by atoms with Crippen LogP contribution in [0.3, 0.4) is 0 Å². The van der Waals surface area contributed by atoms with Crippen LogP contribution in [-0.4, -0.2) is 62.0 Å². The first-order valence-electron chi connectivity index (χ1n) is 6.07. The molecule has 0 bridgehead atoms. The number of hydrogen-bond donors (Lipinski definition) is 0. The summed E-state index contributed by atoms with van der Waals surface area (Å²) in [5, 5.41) is 0. The molecule has 0 radical (unpaired) electrons. The number of hydrogen-bond acceptors (Lipinski definition) is 4. The van der Waals surface area contributed by atoms with E-state index in [2.05, 4.69) is 11.9 Å². The fraction of sp³-hybridized carbons (Fsp3) is 0.833. The number of imide groups is 1. The molecule has 2 saturated heterocycles. The molecule has 5 nitrogen and oxygen atoms in total. The van der Waals surface area contributed by atoms with E-state index in [1.807, 2.05) is 0 Å². The molecule has 0 atom stereocenters. The third-order valence-electron chi connectivity index (χ3n) is 3.94. The predicted octanol–water partition coefficient (Wildman–Crippen LogP) is 0.104. The van der Waals surface area contributed by atoms with Crippen molar-refractivity contribution < 1.29 is 14.3 Å². The summed E-state index contributed by atoms with van der Waals surface area (Å²) in [6.07, 6.45) is 2.54. The lowest BCUT2D eigenvalue weighted by Crippen LogP contribution is -2.41. The second-order valence-corrected chi connectivity index (χ2v) is 5.29. The average Bonchev–Trinajstić information content (AvgIpc) is 2.61. The Kier molecular flexibility index (Phi) is 3.49. The summed E-state index contributed by atoms with van der Waals surface area (Å²) < 4.78 is 4.81. The number of methoxy groups -OCH3 is 1. The summed E-state index contributed by atoms with van der Waals surface area (Å²) >= 11 is 0. The minimum Gasteiger partial charge on any atom is -0.375 e. The van der Waals surface area contributed by atoms with Gasteiger partial charge in [-0.25, -0.2) is 0 Å². The van der Waals surface area contributed by atoms with Gasteiger partial charge >= 0.3 is 0 Å². The summed E-state index contributed by atoms with van der Waals surface area (Å²) in [5.41, 5.74) is 0.0347. The van der Waals surface area contributed by atoms with Gasteiger partial charge in [0.25, 0.3) is 5.91 Å². The summed E-state index contributed by atoms with van der Waals surface area (Å²) in [5.74, 6) is -0.232. The standard InChI is InChI=1S/C12H20N2O3/c1-13-5-3-12(4-6-13)7-10(15)14(9-12)11(16)8-17-2/h3-9H2,1-2H3. The third-order valence-corrected chi connectivity index (χ3v) is 3.94. The molecule has 0 aromatic rings. The topological polar surface area (TPSA) is 49.9 Å². The molecule has 5 heteroatoms. The Morgan fingerprint density at radius 1 is 1.41 bits per heavy atom. The van der Waals surface area contributed by atoms with Gasteiger partial charge in [0.05, 0.1) is 0 Å². The molecule has 96 valence electrons. The van der Waals surface area contributed by atoms with Gasteiger partial charge in [-0.15, -0.1) is 0 Å². The maximum Gasteiger partial charge on any atom is 0.255 e. The van der Waals surface area contributed by atoms with Gasteiger partial charge in [0.2, 0.25) is 5.91 Å². The Bertz CT molecular complexity index is 322. The zero-order chi connectivity index (χ0) is 12.5. The Balaban J connectivity index is 2.01. The smallest absolute Gasteiger partial charge is 0.255 e. The van der Waals surface area contributed by atoms with Crippen molar-refractivity contribution in [3.8, 4) is 0 Å². The molecular formula is C12H20N2O3. The van der Waals surface area contributed by atoms with E-state index in [-0.39, 0.29) is 23.8 Å². The first-order chi connectivity index (χ1) is 8.06. The van der Waals surface area contributed by atoms with Crippen molar-refractivity contribution >= 4 is 11.8 Å². The van der Waals surface area contributed by atoms with E-state index in [9.17, 15) is 9.59 Å². The van der Waals surface area contributed by atoms with Gasteiger partial charge < -0.3 is 9.64 Å². The molecular weight excluding hydrogens is 220 g/mol. The molecule has 2 rings (SSSR count). The highest BCUT2D eigenvalue weighted by molar-refractivity contribution is 5.97. The second kappa shape index (κ2) is 4.74. The van der Waals surface area contributed by atoms with Crippen LogP contribution in [0.25, 0.3) is 0 Å². The summed E-state index contributed by atoms with van der Waals surface area (Å²) in [7, 11) is 3.57. The largest absolute Gasteiger partial charge is 0.375 e. The van der Waals surface area contributed by atoms with Crippen molar-refractivity contribution in [3.63, 3.8) is 0 Å². The molecule has 17 heavy (non-hydrogen) atoms. The van der Waals surface area contributed by atoms with Crippen molar-refractivity contribution in [3.05, 3.63) is 0 Å². The quantitative estimate of drug-likeness (QED) is 0.687. The van der Waals surface area contributed by atoms with E-state index in [1.165, 1.54) is 12.0 Å². The number of piperidine rings is 1. The lowest BCUT2D eigenvalue weighted by molar-refractivity contribution is -0.144. The van der Waals surface area contributed by atoms with E-state index in [0.717, 1.165) is 25.9 Å². The van der Waals surface area contributed by atoms with E-state index in [0.29, 0.717) is 13.0 Å². The molecule has 0 N–H and O–H groups in total. The van der Waals surface area contributed by atoms with Crippen molar-refractivity contribution in [2.45, 2.75) is 19.3 Å². The zero-order valence-electron chi connectivity index (χ0n) is 10.6. The van der Waals surface area contributed by atoms with Crippen molar-refractivity contribution in [2.24, 2.45) is 5.41 Å². The monoisotopic (exact) mass is 240 g/mol. The van der Waals surface area contributed by atoms with Gasteiger partial charge in [0, 0.05) is 20.1 Å². The SMILES string of the molecule is COCC(=O)N1CC2(CCN(C)CC2)CC1=O. The fourth-order valence-electron chi connectivity index (χ4n) is 2.75. The van der Waals surface area contributed by atoms with Crippen LogP contribution in [0.1, 0.15) is 19.3 Å². The van der Waals surface area contributed by atoms with Gasteiger partial charge in [-0.2, -0.15) is 0 Å². The number of rotatable bonds is 2. The predicted molar refractivity (Wildman–Crippen MR) is 62.4 cm³/mol. The van der Waals surface area contributed by atoms with E-state index >= 15 is 0 Å². The highest BCUT2D eigenvalue weighted by atomic mass is 16.5. The highest BCUT2D eigenvalue weighted by Gasteiger charge is 2.46. The molecule has 1 spiro atoms. The highest BCUT2D eigenvalue weighted by Crippen LogP contribution is 2.40. The van der Waals surface area contributed by atoms with Crippen molar-refractivity contribution in [1.29, 1.82) is 0 Å². The first-order valence-corrected chi connectivity index (χ1v) is 6.07. The van der Waals surface area contributed by atoms with Crippen LogP contribution in [0.5, 0.6) is 0 Å². The number of carbonyl (C=O) groups is 2. The zero-order valence-corrected chi connectivity index (χ0v) is 10.6. The normalized spacial score (nSPS) is 24.6. The first kappa shape index (κ1) is 12.5. The molecule has 2 heterocycles. The summed E-state index contributed by atoms with van der Waals surface area (Å²) in [4.78, 5) is 27.3. The van der Waals surface area contributed by atoms with Crippen LogP contribution in [0.2, 0.25) is 0 Å². The molecule has 2 aliphatic rings. The van der Waals surface area contributed by atoms with Gasteiger partial charge in [-0.3, -0.25) is 14.5 Å². The number of carbonyl (C=O) groups excluding carboxylic acids is 2. The minimum atomic E-state index is -0.201. The molecule has 2 fully saturated rings. The summed E-state index contributed by atoms with van der Waals surface area (Å²) in [6.45, 7) is 2.61. The van der Waals surface area contributed by atoms with Gasteiger partial charge in [-0.1, -0.05) is 0 Å². The van der Waals surface area contributed by atoms with Crippen LogP contribution in [-0.2, 0) is 14.3 Å². The van der Waals surface area contributed by atoms with Gasteiger partial charge in [0.15, 0.2) is 0 Å². The molecule has 0 saturated carbocycles. The number of amides is 2. The summed E-state index contributed by atoms with van der Waals surface area (Å²) in [6, 6.07) is 0. The van der Waals surface area contributed by atoms with Gasteiger partial charge in [0.1, 0.15) is 6.61 Å². The van der Waals surface area contributed by atoms with Crippen molar-refractivity contribution in [1.82, 2.24) is 9.80 Å². The Morgan fingerprint density at radius 2 is 2.06 bits per heavy atom. The molecule has 0 unspecified atom stereocenters. The molecule has 0 aliphatic carbocycles. The van der Waals surface area contributed by atoms with Crippen LogP contribution in [0.4, 0.5) is 0 Å². The van der Waals surface area contributed by atoms with Crippen LogP contribution >= 0.6 is 0 Å². The lowest BCUT2D eigenvalue weighted by atomic mass is 9.78. The van der Waals surface area contributed by atoms with Gasteiger partial charge in [-0.05, 0) is 38.4 Å². The molecule has 2 amide bonds. The van der Waals surface area contributed by atoms with E-state index in [1.54, 1.807) is 0 Å². The molecule has 0 aromatic heterocycles. The van der Waals surface area contributed by atoms with Crippen LogP contribution in [0, 0.1) is 5.41 Å². The fourth-order valence-corrected chi connectivity index (χ4v) is 2.75. The maximum absolute atomic E-state index is 11.9. The van der Waals surface area contributed by atoms with Crippen molar-refractivity contribution in [2.75, 3.05) is 40.4 Å². The maximum atomic E-state index is 11.9. The molecule has 0 aromatic carbocycles. The number of likely N-dealkylation sites (tertiary alicyclic amines) is 2. The lowest BCUT2D eigenvalue weighted by Gasteiger charge is -2.36. The Hall–Kier alpha value is -0.940. The Labute approximate surface area is 102 Å². The Morgan fingerprint density at radius 3 is 2.65 bits per heavy atom. The average molecular weight is 240 g/mol. The van der Waals surface area contributed by atoms with Crippen LogP contribution < -0.4 is 0 Å². The number of ether oxygens (including phenoxy) is 1. The third kappa shape index (κ3) is 2.50. The minimum absolute atomic E-state index is 0.00171. The van der Waals surface area contributed by atoms with E-state index < -0.39 is 0 Å². The molecule has 2 aliphatic heterocycles. The van der Waals surface area contributed by atoms with Crippen LogP contribution in [0.15, 0.2) is 0 Å².